The van der Waals surface area contributed by atoms with Crippen LogP contribution in [0.2, 0.25) is 0 Å². The molecule has 0 aliphatic rings. The number of ether oxygens (including phenoxy) is 1. The number of aliphatic hydroxyl groups excluding tert-OH is 1. The molecule has 0 radical (unpaired) electrons. The molecule has 1 atom stereocenters. The number of hydrogen-bond donors (Lipinski definition) is 2. The molecule has 1 amide bonds. The molecule has 0 heterocycles. The lowest BCUT2D eigenvalue weighted by atomic mass is 10.1. The van der Waals surface area contributed by atoms with Crippen LogP contribution in [0.4, 0.5) is 4.39 Å². The van der Waals surface area contributed by atoms with Crippen molar-refractivity contribution in [2.24, 2.45) is 0 Å². The molecule has 21 heavy (non-hydrogen) atoms. The Hall–Kier alpha value is -2.40. The number of aliphatic hydroxyl groups is 1. The fraction of sp³-hybridized carbons (Fsp3) is 0.188. The summed E-state index contributed by atoms with van der Waals surface area (Å²) in [7, 11) is 1.56. The third kappa shape index (κ3) is 4.03. The van der Waals surface area contributed by atoms with Crippen molar-refractivity contribution in [1.29, 1.82) is 0 Å². The van der Waals surface area contributed by atoms with Crippen LogP contribution >= 0.6 is 0 Å². The van der Waals surface area contributed by atoms with Crippen molar-refractivity contribution in [2.45, 2.75) is 6.10 Å². The number of rotatable bonds is 5. The number of benzene rings is 2. The quantitative estimate of drug-likeness (QED) is 0.888. The minimum atomic E-state index is -0.819. The molecular formula is C16H16FNO3. The van der Waals surface area contributed by atoms with E-state index >= 15 is 0 Å². The van der Waals surface area contributed by atoms with Crippen molar-refractivity contribution in [2.75, 3.05) is 13.7 Å². The predicted octanol–water partition coefficient (Wildman–Crippen LogP) is 2.30. The average Bonchev–Trinajstić information content (AvgIpc) is 2.53. The zero-order valence-corrected chi connectivity index (χ0v) is 11.5. The Balaban J connectivity index is 1.92. The van der Waals surface area contributed by atoms with Crippen molar-refractivity contribution in [3.05, 3.63) is 65.5 Å². The van der Waals surface area contributed by atoms with Gasteiger partial charge in [-0.05, 0) is 42.0 Å². The van der Waals surface area contributed by atoms with E-state index in [0.717, 1.165) is 0 Å². The highest BCUT2D eigenvalue weighted by Gasteiger charge is 2.11. The first-order chi connectivity index (χ1) is 10.1. The number of carbonyl (C=O) groups excluding carboxylic acids is 1. The molecule has 0 spiro atoms. The first-order valence-corrected chi connectivity index (χ1v) is 6.46. The molecule has 4 nitrogen and oxygen atoms in total. The highest BCUT2D eigenvalue weighted by molar-refractivity contribution is 5.94. The van der Waals surface area contributed by atoms with Crippen molar-refractivity contribution >= 4 is 5.91 Å². The number of hydrogen-bond acceptors (Lipinski definition) is 3. The molecule has 2 aromatic rings. The topological polar surface area (TPSA) is 58.6 Å². The fourth-order valence-electron chi connectivity index (χ4n) is 1.84. The Labute approximate surface area is 122 Å². The summed E-state index contributed by atoms with van der Waals surface area (Å²) in [6.45, 7) is 0.0720. The Kier molecular flexibility index (Phi) is 4.90. The van der Waals surface area contributed by atoms with E-state index in [1.807, 2.05) is 0 Å². The second kappa shape index (κ2) is 6.85. The van der Waals surface area contributed by atoms with Crippen LogP contribution in [0.5, 0.6) is 5.75 Å². The Morgan fingerprint density at radius 2 is 1.81 bits per heavy atom. The van der Waals surface area contributed by atoms with Gasteiger partial charge in [0, 0.05) is 12.1 Å². The predicted molar refractivity (Wildman–Crippen MR) is 76.7 cm³/mol. The van der Waals surface area contributed by atoms with Crippen LogP contribution in [0, 0.1) is 5.82 Å². The molecule has 0 fully saturated rings. The number of nitrogens with one attached hydrogen (secondary N) is 1. The van der Waals surface area contributed by atoms with E-state index in [1.54, 1.807) is 31.4 Å². The SMILES string of the molecule is COc1ccc([C@H](O)CNC(=O)c2ccc(F)cc2)cc1. The standard InChI is InChI=1S/C16H16FNO3/c1-21-14-8-4-11(5-9-14)15(19)10-18-16(20)12-2-6-13(17)7-3-12/h2-9,15,19H,10H2,1H3,(H,18,20)/t15-/m1/s1. The lowest BCUT2D eigenvalue weighted by molar-refractivity contribution is 0.0916. The molecule has 2 rings (SSSR count). The third-order valence-electron chi connectivity index (χ3n) is 3.06. The second-order valence-corrected chi connectivity index (χ2v) is 4.51. The zero-order valence-electron chi connectivity index (χ0n) is 11.5. The van der Waals surface area contributed by atoms with E-state index in [0.29, 0.717) is 16.9 Å². The zero-order chi connectivity index (χ0) is 15.2. The van der Waals surface area contributed by atoms with Crippen molar-refractivity contribution < 1.29 is 19.0 Å². The van der Waals surface area contributed by atoms with Gasteiger partial charge in [0.25, 0.3) is 5.91 Å². The summed E-state index contributed by atoms with van der Waals surface area (Å²) in [5, 5.41) is 12.6. The van der Waals surface area contributed by atoms with E-state index < -0.39 is 11.9 Å². The largest absolute Gasteiger partial charge is 0.497 e. The van der Waals surface area contributed by atoms with Crippen molar-refractivity contribution in [1.82, 2.24) is 5.32 Å². The van der Waals surface area contributed by atoms with E-state index in [1.165, 1.54) is 24.3 Å². The minimum Gasteiger partial charge on any atom is -0.497 e. The lowest BCUT2D eigenvalue weighted by Gasteiger charge is -2.13. The van der Waals surface area contributed by atoms with Crippen LogP contribution in [-0.2, 0) is 0 Å². The Bertz CT molecular complexity index is 596. The van der Waals surface area contributed by atoms with Crippen molar-refractivity contribution in [3.8, 4) is 5.75 Å². The number of halogens is 1. The number of carbonyl (C=O) groups is 1. The monoisotopic (exact) mass is 289 g/mol. The van der Waals surface area contributed by atoms with E-state index in [2.05, 4.69) is 5.32 Å². The van der Waals surface area contributed by atoms with Crippen LogP contribution < -0.4 is 10.1 Å². The molecule has 0 saturated carbocycles. The molecule has 110 valence electrons. The van der Waals surface area contributed by atoms with Crippen LogP contribution in [0.25, 0.3) is 0 Å². The molecule has 0 saturated heterocycles. The number of amides is 1. The molecule has 0 aromatic heterocycles. The van der Waals surface area contributed by atoms with Gasteiger partial charge in [0.2, 0.25) is 0 Å². The van der Waals surface area contributed by atoms with E-state index in [4.69, 9.17) is 4.74 Å². The maximum atomic E-state index is 12.8. The van der Waals surface area contributed by atoms with Gasteiger partial charge >= 0.3 is 0 Å². The maximum absolute atomic E-state index is 12.8. The van der Waals surface area contributed by atoms with Gasteiger partial charge in [-0.1, -0.05) is 12.1 Å². The maximum Gasteiger partial charge on any atom is 0.251 e. The summed E-state index contributed by atoms with van der Waals surface area (Å²) in [6, 6.07) is 12.2. The van der Waals surface area contributed by atoms with E-state index in [9.17, 15) is 14.3 Å². The summed E-state index contributed by atoms with van der Waals surface area (Å²) >= 11 is 0. The molecule has 0 unspecified atom stereocenters. The Morgan fingerprint density at radius 1 is 1.19 bits per heavy atom. The van der Waals surface area contributed by atoms with Crippen LogP contribution in [0.15, 0.2) is 48.5 Å². The van der Waals surface area contributed by atoms with Crippen molar-refractivity contribution in [3.63, 3.8) is 0 Å². The molecule has 0 aliphatic heterocycles. The van der Waals surface area contributed by atoms with Gasteiger partial charge in [0.15, 0.2) is 0 Å². The smallest absolute Gasteiger partial charge is 0.251 e. The third-order valence-corrected chi connectivity index (χ3v) is 3.06. The summed E-state index contributed by atoms with van der Waals surface area (Å²) in [6.07, 6.45) is -0.819. The summed E-state index contributed by atoms with van der Waals surface area (Å²) < 4.78 is 17.8. The lowest BCUT2D eigenvalue weighted by Crippen LogP contribution is -2.28. The summed E-state index contributed by atoms with van der Waals surface area (Å²) in [5.74, 6) is -0.0614. The Morgan fingerprint density at radius 3 is 2.38 bits per heavy atom. The normalized spacial score (nSPS) is 11.8. The highest BCUT2D eigenvalue weighted by atomic mass is 19.1. The summed E-state index contributed by atoms with van der Waals surface area (Å²) in [4.78, 5) is 11.8. The molecular weight excluding hydrogens is 273 g/mol. The van der Waals surface area contributed by atoms with E-state index in [-0.39, 0.29) is 12.5 Å². The van der Waals surface area contributed by atoms with Crippen LogP contribution in [0.3, 0.4) is 0 Å². The van der Waals surface area contributed by atoms with Gasteiger partial charge in [-0.25, -0.2) is 4.39 Å². The van der Waals surface area contributed by atoms with Crippen LogP contribution in [-0.4, -0.2) is 24.7 Å². The second-order valence-electron chi connectivity index (χ2n) is 4.51. The molecule has 0 aliphatic carbocycles. The van der Waals surface area contributed by atoms with Gasteiger partial charge in [-0.2, -0.15) is 0 Å². The minimum absolute atomic E-state index is 0.0720. The number of methoxy groups -OCH3 is 1. The first-order valence-electron chi connectivity index (χ1n) is 6.46. The van der Waals surface area contributed by atoms with Gasteiger partial charge in [-0.3, -0.25) is 4.79 Å². The van der Waals surface area contributed by atoms with Gasteiger partial charge in [0.05, 0.1) is 13.2 Å². The molecule has 0 bridgehead atoms. The summed E-state index contributed by atoms with van der Waals surface area (Å²) in [5.41, 5.74) is 1.02. The molecule has 2 aromatic carbocycles. The highest BCUT2D eigenvalue weighted by Crippen LogP contribution is 2.17. The van der Waals surface area contributed by atoms with Gasteiger partial charge in [-0.15, -0.1) is 0 Å². The average molecular weight is 289 g/mol. The molecule has 5 heteroatoms. The van der Waals surface area contributed by atoms with Gasteiger partial charge in [0.1, 0.15) is 11.6 Å². The van der Waals surface area contributed by atoms with Crippen LogP contribution in [0.1, 0.15) is 22.0 Å². The molecule has 2 N–H and O–H groups in total. The fourth-order valence-corrected chi connectivity index (χ4v) is 1.84. The first kappa shape index (κ1) is 15.0. The van der Waals surface area contributed by atoms with Gasteiger partial charge < -0.3 is 15.2 Å².